The van der Waals surface area contributed by atoms with Crippen molar-refractivity contribution < 1.29 is 13.6 Å². The van der Waals surface area contributed by atoms with Crippen LogP contribution in [-0.4, -0.2) is 11.4 Å². The molecule has 0 spiro atoms. The van der Waals surface area contributed by atoms with Gasteiger partial charge in [-0.3, -0.25) is 4.79 Å². The molecular formula is C14H20F2N2O. The molecule has 0 aliphatic rings. The summed E-state index contributed by atoms with van der Waals surface area (Å²) < 4.78 is 26.2. The van der Waals surface area contributed by atoms with Crippen LogP contribution in [0.3, 0.4) is 0 Å². The topological polar surface area (TPSA) is 55.1 Å². The molecular weight excluding hydrogens is 250 g/mol. The van der Waals surface area contributed by atoms with Gasteiger partial charge in [0.05, 0.1) is 5.56 Å². The maximum absolute atomic E-state index is 13.2. The van der Waals surface area contributed by atoms with Crippen molar-refractivity contribution in [2.24, 2.45) is 0 Å². The van der Waals surface area contributed by atoms with Crippen molar-refractivity contribution in [3.63, 3.8) is 0 Å². The molecule has 0 aliphatic carbocycles. The predicted octanol–water partition coefficient (Wildman–Crippen LogP) is 3.25. The first-order chi connectivity index (χ1) is 8.89. The third-order valence-corrected chi connectivity index (χ3v) is 3.75. The molecule has 0 aliphatic heterocycles. The number of nitrogens with two attached hydrogens (primary N) is 1. The summed E-state index contributed by atoms with van der Waals surface area (Å²) in [5, 5.41) is 2.88. The van der Waals surface area contributed by atoms with Gasteiger partial charge in [0.1, 0.15) is 0 Å². The predicted molar refractivity (Wildman–Crippen MR) is 71.8 cm³/mol. The highest BCUT2D eigenvalue weighted by Crippen LogP contribution is 2.22. The Balaban J connectivity index is 3.04. The highest BCUT2D eigenvalue weighted by atomic mass is 19.2. The van der Waals surface area contributed by atoms with Gasteiger partial charge in [-0.1, -0.05) is 20.8 Å². The number of hydrogen-bond acceptors (Lipinski definition) is 2. The van der Waals surface area contributed by atoms with Crippen LogP contribution >= 0.6 is 0 Å². The highest BCUT2D eigenvalue weighted by molar-refractivity contribution is 5.99. The summed E-state index contributed by atoms with van der Waals surface area (Å²) in [6, 6.07) is 1.67. The monoisotopic (exact) mass is 270 g/mol. The van der Waals surface area contributed by atoms with E-state index in [0.29, 0.717) is 0 Å². The standard InChI is InChI=1S/C14H20F2N2O/c1-4-14(5-2,6-3)18-13(19)9-7-10(15)11(16)8-12(9)17/h7-8H,4-6,17H2,1-3H3,(H,18,19). The number of hydrogen-bond donors (Lipinski definition) is 2. The number of nitrogens with one attached hydrogen (secondary N) is 1. The van der Waals surface area contributed by atoms with Crippen LogP contribution in [0.4, 0.5) is 14.5 Å². The van der Waals surface area contributed by atoms with E-state index in [1.54, 1.807) is 0 Å². The van der Waals surface area contributed by atoms with Crippen LogP contribution in [0.25, 0.3) is 0 Å². The SMILES string of the molecule is CCC(CC)(CC)NC(=O)c1cc(F)c(F)cc1N. The summed E-state index contributed by atoms with van der Waals surface area (Å²) >= 11 is 0. The summed E-state index contributed by atoms with van der Waals surface area (Å²) in [5.41, 5.74) is 5.14. The summed E-state index contributed by atoms with van der Waals surface area (Å²) in [5.74, 6) is -2.60. The maximum atomic E-state index is 13.2. The number of halogens is 2. The fourth-order valence-corrected chi connectivity index (χ4v) is 2.08. The van der Waals surface area contributed by atoms with Gasteiger partial charge in [-0.15, -0.1) is 0 Å². The lowest BCUT2D eigenvalue weighted by atomic mass is 9.89. The zero-order chi connectivity index (χ0) is 14.6. The maximum Gasteiger partial charge on any atom is 0.253 e. The molecule has 1 rings (SSSR count). The van der Waals surface area contributed by atoms with Crippen molar-refractivity contribution in [2.75, 3.05) is 5.73 Å². The first kappa shape index (κ1) is 15.4. The molecule has 1 aromatic rings. The first-order valence-corrected chi connectivity index (χ1v) is 6.46. The van der Waals surface area contributed by atoms with Crippen LogP contribution in [-0.2, 0) is 0 Å². The lowest BCUT2D eigenvalue weighted by Gasteiger charge is -2.32. The van der Waals surface area contributed by atoms with Crippen LogP contribution in [0.1, 0.15) is 50.4 Å². The lowest BCUT2D eigenvalue weighted by Crippen LogP contribution is -2.47. The molecule has 1 amide bonds. The second-order valence-electron chi connectivity index (χ2n) is 4.65. The summed E-state index contributed by atoms with van der Waals surface area (Å²) in [6.07, 6.45) is 2.28. The molecule has 0 saturated carbocycles. The molecule has 0 radical (unpaired) electrons. The van der Waals surface area contributed by atoms with Gasteiger partial charge in [0.25, 0.3) is 5.91 Å². The van der Waals surface area contributed by atoms with Gasteiger partial charge in [-0.25, -0.2) is 8.78 Å². The number of nitrogen functional groups attached to an aromatic ring is 1. The second-order valence-corrected chi connectivity index (χ2v) is 4.65. The van der Waals surface area contributed by atoms with Crippen LogP contribution in [0, 0.1) is 11.6 Å². The van der Waals surface area contributed by atoms with Gasteiger partial charge in [0, 0.05) is 17.3 Å². The molecule has 0 bridgehead atoms. The molecule has 0 aromatic heterocycles. The van der Waals surface area contributed by atoms with Gasteiger partial charge >= 0.3 is 0 Å². The second kappa shape index (κ2) is 5.99. The average molecular weight is 270 g/mol. The minimum absolute atomic E-state index is 0.0291. The smallest absolute Gasteiger partial charge is 0.253 e. The van der Waals surface area contributed by atoms with Gasteiger partial charge < -0.3 is 11.1 Å². The van der Waals surface area contributed by atoms with Gasteiger partial charge in [-0.05, 0) is 25.3 Å². The number of amides is 1. The number of benzene rings is 1. The van der Waals surface area contributed by atoms with Crippen molar-refractivity contribution >= 4 is 11.6 Å². The van der Waals surface area contributed by atoms with E-state index in [1.807, 2.05) is 20.8 Å². The fraction of sp³-hybridized carbons (Fsp3) is 0.500. The lowest BCUT2D eigenvalue weighted by molar-refractivity contribution is 0.0888. The molecule has 3 nitrogen and oxygen atoms in total. The van der Waals surface area contributed by atoms with E-state index in [-0.39, 0.29) is 16.8 Å². The van der Waals surface area contributed by atoms with E-state index in [1.165, 1.54) is 0 Å². The molecule has 0 saturated heterocycles. The molecule has 19 heavy (non-hydrogen) atoms. The minimum Gasteiger partial charge on any atom is -0.398 e. The molecule has 0 atom stereocenters. The average Bonchev–Trinajstić information content (AvgIpc) is 2.40. The van der Waals surface area contributed by atoms with Crippen LogP contribution in [0.15, 0.2) is 12.1 Å². The van der Waals surface area contributed by atoms with E-state index >= 15 is 0 Å². The summed E-state index contributed by atoms with van der Waals surface area (Å²) in [6.45, 7) is 5.92. The third kappa shape index (κ3) is 3.22. The Morgan fingerprint density at radius 1 is 1.16 bits per heavy atom. The molecule has 1 aromatic carbocycles. The Kier molecular flexibility index (Phi) is 4.86. The largest absolute Gasteiger partial charge is 0.398 e. The van der Waals surface area contributed by atoms with Crippen LogP contribution < -0.4 is 11.1 Å². The van der Waals surface area contributed by atoms with Crippen LogP contribution in [0.5, 0.6) is 0 Å². The van der Waals surface area contributed by atoms with Crippen molar-refractivity contribution in [1.29, 1.82) is 0 Å². The fourth-order valence-electron chi connectivity index (χ4n) is 2.08. The van der Waals surface area contributed by atoms with Crippen molar-refractivity contribution in [1.82, 2.24) is 5.32 Å². The highest BCUT2D eigenvalue weighted by Gasteiger charge is 2.27. The molecule has 3 N–H and O–H groups in total. The van der Waals surface area contributed by atoms with E-state index in [0.717, 1.165) is 31.4 Å². The third-order valence-electron chi connectivity index (χ3n) is 3.75. The number of rotatable bonds is 5. The molecule has 106 valence electrons. The van der Waals surface area contributed by atoms with E-state index < -0.39 is 17.5 Å². The molecule has 0 heterocycles. The van der Waals surface area contributed by atoms with Crippen molar-refractivity contribution in [2.45, 2.75) is 45.6 Å². The van der Waals surface area contributed by atoms with Gasteiger partial charge in [0.15, 0.2) is 11.6 Å². The Bertz CT molecular complexity index is 462. The Hall–Kier alpha value is -1.65. The van der Waals surface area contributed by atoms with Crippen molar-refractivity contribution in [3.8, 4) is 0 Å². The first-order valence-electron chi connectivity index (χ1n) is 6.46. The minimum atomic E-state index is -1.07. The van der Waals surface area contributed by atoms with Crippen LogP contribution in [0.2, 0.25) is 0 Å². The zero-order valence-corrected chi connectivity index (χ0v) is 11.5. The number of anilines is 1. The number of carbonyl (C=O) groups excluding carboxylic acids is 1. The normalized spacial score (nSPS) is 11.4. The van der Waals surface area contributed by atoms with Gasteiger partial charge in [0.2, 0.25) is 0 Å². The Labute approximate surface area is 112 Å². The summed E-state index contributed by atoms with van der Waals surface area (Å²) in [7, 11) is 0. The van der Waals surface area contributed by atoms with E-state index in [4.69, 9.17) is 5.73 Å². The molecule has 0 unspecified atom stereocenters. The summed E-state index contributed by atoms with van der Waals surface area (Å²) in [4.78, 5) is 12.1. The number of carbonyl (C=O) groups is 1. The Morgan fingerprint density at radius 2 is 1.63 bits per heavy atom. The van der Waals surface area contributed by atoms with E-state index in [2.05, 4.69) is 5.32 Å². The molecule has 5 heteroatoms. The van der Waals surface area contributed by atoms with Crippen molar-refractivity contribution in [3.05, 3.63) is 29.3 Å². The molecule has 0 fully saturated rings. The quantitative estimate of drug-likeness (QED) is 0.807. The van der Waals surface area contributed by atoms with E-state index in [9.17, 15) is 13.6 Å². The van der Waals surface area contributed by atoms with Gasteiger partial charge in [-0.2, -0.15) is 0 Å². The zero-order valence-electron chi connectivity index (χ0n) is 11.5. The Morgan fingerprint density at radius 3 is 2.11 bits per heavy atom.